The van der Waals surface area contributed by atoms with E-state index in [2.05, 4.69) is 10.3 Å². The lowest BCUT2D eigenvalue weighted by atomic mass is 10.3. The van der Waals surface area contributed by atoms with Gasteiger partial charge in [-0.2, -0.15) is 0 Å². The van der Waals surface area contributed by atoms with Gasteiger partial charge in [0.2, 0.25) is 5.91 Å². The standard InChI is InChI=1S/C13H14N4O2/c1-9-3-5-16-7-10(15-11(16)6-9)8-17-12(18)2-4-14-13(17)19/h3,5-7H,2,4,8H2,1H3,(H,14,19). The van der Waals surface area contributed by atoms with Crippen LogP contribution in [0.15, 0.2) is 24.5 Å². The third-order valence-corrected chi connectivity index (χ3v) is 3.15. The number of hydrogen-bond donors (Lipinski definition) is 1. The summed E-state index contributed by atoms with van der Waals surface area (Å²) in [6.45, 7) is 2.62. The topological polar surface area (TPSA) is 66.7 Å². The molecule has 1 aliphatic rings. The maximum absolute atomic E-state index is 11.7. The van der Waals surface area contributed by atoms with E-state index in [0.717, 1.165) is 11.2 Å². The Hall–Kier alpha value is -2.37. The Kier molecular flexibility index (Phi) is 2.70. The van der Waals surface area contributed by atoms with Gasteiger partial charge >= 0.3 is 6.03 Å². The van der Waals surface area contributed by atoms with Crippen LogP contribution in [0.4, 0.5) is 4.79 Å². The predicted octanol–water partition coefficient (Wildman–Crippen LogP) is 1.08. The van der Waals surface area contributed by atoms with E-state index in [0.29, 0.717) is 18.7 Å². The zero-order valence-electron chi connectivity index (χ0n) is 10.6. The van der Waals surface area contributed by atoms with Crippen molar-refractivity contribution in [3.63, 3.8) is 0 Å². The van der Waals surface area contributed by atoms with Gasteiger partial charge in [-0.3, -0.25) is 9.69 Å². The summed E-state index contributed by atoms with van der Waals surface area (Å²) in [6.07, 6.45) is 4.10. The van der Waals surface area contributed by atoms with Crippen molar-refractivity contribution in [1.82, 2.24) is 19.6 Å². The van der Waals surface area contributed by atoms with E-state index < -0.39 is 0 Å². The summed E-state index contributed by atoms with van der Waals surface area (Å²) in [5.41, 5.74) is 2.65. The highest BCUT2D eigenvalue weighted by atomic mass is 16.2. The van der Waals surface area contributed by atoms with E-state index in [9.17, 15) is 9.59 Å². The van der Waals surface area contributed by atoms with E-state index in [-0.39, 0.29) is 18.5 Å². The Labute approximate surface area is 110 Å². The molecule has 0 bridgehead atoms. The van der Waals surface area contributed by atoms with Crippen LogP contribution in [0.25, 0.3) is 5.65 Å². The monoisotopic (exact) mass is 258 g/mol. The zero-order valence-corrected chi connectivity index (χ0v) is 10.6. The highest BCUT2D eigenvalue weighted by Gasteiger charge is 2.26. The van der Waals surface area contributed by atoms with Crippen LogP contribution >= 0.6 is 0 Å². The minimum absolute atomic E-state index is 0.156. The normalized spacial score (nSPS) is 15.9. The van der Waals surface area contributed by atoms with Gasteiger partial charge < -0.3 is 9.72 Å². The molecule has 0 saturated carbocycles. The van der Waals surface area contributed by atoms with Gasteiger partial charge in [0.05, 0.1) is 12.2 Å². The summed E-state index contributed by atoms with van der Waals surface area (Å²) in [5.74, 6) is -0.156. The van der Waals surface area contributed by atoms with E-state index in [4.69, 9.17) is 0 Å². The van der Waals surface area contributed by atoms with Crippen LogP contribution in [0.1, 0.15) is 17.7 Å². The fourth-order valence-electron chi connectivity index (χ4n) is 2.15. The van der Waals surface area contributed by atoms with Crippen molar-refractivity contribution < 1.29 is 9.59 Å². The summed E-state index contributed by atoms with van der Waals surface area (Å²) in [6, 6.07) is 3.60. The number of carbonyl (C=O) groups excluding carboxylic acids is 2. The number of fused-ring (bicyclic) bond motifs is 1. The number of amides is 3. The van der Waals surface area contributed by atoms with E-state index in [1.54, 1.807) is 0 Å². The highest BCUT2D eigenvalue weighted by molar-refractivity contribution is 5.96. The second-order valence-corrected chi connectivity index (χ2v) is 4.66. The van der Waals surface area contributed by atoms with Gasteiger partial charge in [-0.25, -0.2) is 9.78 Å². The van der Waals surface area contributed by atoms with Crippen molar-refractivity contribution in [3.8, 4) is 0 Å². The lowest BCUT2D eigenvalue weighted by Gasteiger charge is -2.24. The number of urea groups is 1. The van der Waals surface area contributed by atoms with Crippen molar-refractivity contribution in [3.05, 3.63) is 35.8 Å². The first-order valence-electron chi connectivity index (χ1n) is 6.16. The number of aryl methyl sites for hydroxylation is 1. The highest BCUT2D eigenvalue weighted by Crippen LogP contribution is 2.11. The maximum Gasteiger partial charge on any atom is 0.324 e. The molecule has 98 valence electrons. The molecule has 0 aromatic carbocycles. The Morgan fingerprint density at radius 2 is 2.26 bits per heavy atom. The molecule has 2 aromatic heterocycles. The first-order chi connectivity index (χ1) is 9.13. The molecule has 1 fully saturated rings. The van der Waals surface area contributed by atoms with Crippen molar-refractivity contribution in [2.24, 2.45) is 0 Å². The quantitative estimate of drug-likeness (QED) is 0.876. The number of hydrogen-bond acceptors (Lipinski definition) is 3. The van der Waals surface area contributed by atoms with Crippen molar-refractivity contribution >= 4 is 17.6 Å². The number of nitrogens with one attached hydrogen (secondary N) is 1. The van der Waals surface area contributed by atoms with E-state index >= 15 is 0 Å². The molecule has 0 atom stereocenters. The van der Waals surface area contributed by atoms with Crippen molar-refractivity contribution in [2.75, 3.05) is 6.54 Å². The van der Waals surface area contributed by atoms with Gasteiger partial charge in [0, 0.05) is 25.4 Å². The van der Waals surface area contributed by atoms with Gasteiger partial charge in [-0.1, -0.05) is 0 Å². The minimum Gasteiger partial charge on any atom is -0.337 e. The van der Waals surface area contributed by atoms with Gasteiger partial charge in [0.25, 0.3) is 0 Å². The number of pyridine rings is 1. The number of imidazole rings is 1. The number of aromatic nitrogens is 2. The molecule has 0 aliphatic carbocycles. The molecular weight excluding hydrogens is 244 g/mol. The van der Waals surface area contributed by atoms with Crippen molar-refractivity contribution in [1.29, 1.82) is 0 Å². The molecule has 0 radical (unpaired) electrons. The largest absolute Gasteiger partial charge is 0.337 e. The van der Waals surface area contributed by atoms with Crippen LogP contribution in [-0.2, 0) is 11.3 Å². The third kappa shape index (κ3) is 2.16. The predicted molar refractivity (Wildman–Crippen MR) is 68.5 cm³/mol. The Balaban J connectivity index is 1.88. The fourth-order valence-corrected chi connectivity index (χ4v) is 2.15. The molecule has 1 aliphatic heterocycles. The SMILES string of the molecule is Cc1ccn2cc(CN3C(=O)CCNC3=O)nc2c1. The third-order valence-electron chi connectivity index (χ3n) is 3.15. The number of carbonyl (C=O) groups is 2. The summed E-state index contributed by atoms with van der Waals surface area (Å²) >= 11 is 0. The average Bonchev–Trinajstić information content (AvgIpc) is 2.75. The molecule has 6 nitrogen and oxygen atoms in total. The second-order valence-electron chi connectivity index (χ2n) is 4.66. The molecule has 0 unspecified atom stereocenters. The van der Waals surface area contributed by atoms with Crippen LogP contribution in [-0.4, -0.2) is 32.8 Å². The van der Waals surface area contributed by atoms with Gasteiger partial charge in [0.15, 0.2) is 0 Å². The number of imide groups is 1. The molecule has 1 N–H and O–H groups in total. The minimum atomic E-state index is -0.343. The van der Waals surface area contributed by atoms with Gasteiger partial charge in [-0.15, -0.1) is 0 Å². The summed E-state index contributed by atoms with van der Waals surface area (Å²) in [4.78, 5) is 29.0. The number of nitrogens with zero attached hydrogens (tertiary/aromatic N) is 3. The lowest BCUT2D eigenvalue weighted by molar-refractivity contribution is -0.129. The fraction of sp³-hybridized carbons (Fsp3) is 0.308. The Bertz CT molecular complexity index is 646. The smallest absolute Gasteiger partial charge is 0.324 e. The van der Waals surface area contributed by atoms with Crippen LogP contribution in [0.3, 0.4) is 0 Å². The van der Waals surface area contributed by atoms with Crippen molar-refractivity contribution in [2.45, 2.75) is 19.9 Å². The summed E-state index contributed by atoms with van der Waals surface area (Å²) in [7, 11) is 0. The van der Waals surface area contributed by atoms with Gasteiger partial charge in [-0.05, 0) is 24.6 Å². The molecule has 2 aromatic rings. The summed E-state index contributed by atoms with van der Waals surface area (Å²) in [5, 5.41) is 2.66. The van der Waals surface area contributed by atoms with Gasteiger partial charge in [0.1, 0.15) is 5.65 Å². The van der Waals surface area contributed by atoms with Crippen LogP contribution < -0.4 is 5.32 Å². The molecule has 19 heavy (non-hydrogen) atoms. The zero-order chi connectivity index (χ0) is 13.4. The molecular formula is C13H14N4O2. The molecule has 3 heterocycles. The molecule has 0 spiro atoms. The van der Waals surface area contributed by atoms with E-state index in [1.807, 2.05) is 35.9 Å². The Morgan fingerprint density at radius 3 is 3.05 bits per heavy atom. The molecule has 6 heteroatoms. The average molecular weight is 258 g/mol. The van der Waals surface area contributed by atoms with Crippen LogP contribution in [0, 0.1) is 6.92 Å². The summed E-state index contributed by atoms with van der Waals surface area (Å²) < 4.78 is 1.88. The molecule has 1 saturated heterocycles. The maximum atomic E-state index is 11.7. The van der Waals surface area contributed by atoms with Crippen LogP contribution in [0.2, 0.25) is 0 Å². The second kappa shape index (κ2) is 4.38. The molecule has 3 amide bonds. The first kappa shape index (κ1) is 11.7. The first-order valence-corrected chi connectivity index (χ1v) is 6.16. The lowest BCUT2D eigenvalue weighted by Crippen LogP contribution is -2.49. The van der Waals surface area contributed by atoms with E-state index in [1.165, 1.54) is 4.90 Å². The number of rotatable bonds is 2. The molecule has 3 rings (SSSR count). The Morgan fingerprint density at radius 1 is 1.42 bits per heavy atom. The van der Waals surface area contributed by atoms with Crippen LogP contribution in [0.5, 0.6) is 0 Å².